The Kier molecular flexibility index (Phi) is 4.15. The summed E-state index contributed by atoms with van der Waals surface area (Å²) >= 11 is 0. The number of benzene rings is 1. The van der Waals surface area contributed by atoms with Crippen molar-refractivity contribution in [3.05, 3.63) is 29.8 Å². The fourth-order valence-electron chi connectivity index (χ4n) is 2.31. The summed E-state index contributed by atoms with van der Waals surface area (Å²) in [6, 6.07) is 7.86. The molecule has 1 heterocycles. The Labute approximate surface area is 103 Å². The number of hydrogen-bond donors (Lipinski definition) is 0. The first-order valence-corrected chi connectivity index (χ1v) is 6.36. The van der Waals surface area contributed by atoms with Gasteiger partial charge in [-0.05, 0) is 37.2 Å². The molecule has 1 aliphatic heterocycles. The summed E-state index contributed by atoms with van der Waals surface area (Å²) in [6.07, 6.45) is 2.12. The third kappa shape index (κ3) is 3.07. The van der Waals surface area contributed by atoms with Gasteiger partial charge in [-0.2, -0.15) is 0 Å². The average molecular weight is 232 g/mol. The van der Waals surface area contributed by atoms with E-state index in [1.54, 1.807) is 0 Å². The van der Waals surface area contributed by atoms with Crippen LogP contribution in [-0.2, 0) is 0 Å². The average Bonchev–Trinajstić information content (AvgIpc) is 2.40. The second-order valence-corrected chi connectivity index (χ2v) is 4.54. The summed E-state index contributed by atoms with van der Waals surface area (Å²) in [5.41, 5.74) is 1.98. The minimum atomic E-state index is 0.748. The molecule has 3 heteroatoms. The van der Waals surface area contributed by atoms with Gasteiger partial charge >= 0.3 is 0 Å². The van der Waals surface area contributed by atoms with Crippen molar-refractivity contribution < 1.29 is 4.79 Å². The normalized spacial score (nSPS) is 17.1. The molecule has 1 aliphatic rings. The molecule has 0 aliphatic carbocycles. The maximum atomic E-state index is 10.6. The number of carbonyl (C=O) groups is 1. The van der Waals surface area contributed by atoms with E-state index >= 15 is 0 Å². The van der Waals surface area contributed by atoms with Crippen LogP contribution in [0.5, 0.6) is 0 Å². The molecule has 0 radical (unpaired) electrons. The number of anilines is 1. The summed E-state index contributed by atoms with van der Waals surface area (Å²) in [7, 11) is 0. The number of hydrogen-bond acceptors (Lipinski definition) is 3. The Morgan fingerprint density at radius 2 is 1.76 bits per heavy atom. The summed E-state index contributed by atoms with van der Waals surface area (Å²) in [5.74, 6) is 0. The molecule has 3 nitrogen and oxygen atoms in total. The Morgan fingerprint density at radius 1 is 1.12 bits per heavy atom. The van der Waals surface area contributed by atoms with E-state index in [0.717, 1.165) is 38.0 Å². The van der Waals surface area contributed by atoms with Gasteiger partial charge in [-0.15, -0.1) is 0 Å². The fraction of sp³-hybridized carbons (Fsp3) is 0.500. The van der Waals surface area contributed by atoms with Crippen LogP contribution in [-0.4, -0.2) is 43.9 Å². The molecule has 0 aromatic heterocycles. The van der Waals surface area contributed by atoms with Gasteiger partial charge in [-0.1, -0.05) is 6.92 Å². The minimum Gasteiger partial charge on any atom is -0.369 e. The number of aldehydes is 1. The van der Waals surface area contributed by atoms with Gasteiger partial charge in [0.1, 0.15) is 6.29 Å². The molecule has 17 heavy (non-hydrogen) atoms. The Balaban J connectivity index is 1.93. The van der Waals surface area contributed by atoms with Crippen molar-refractivity contribution in [1.29, 1.82) is 0 Å². The standard InChI is InChI=1S/C14H20N2O/c1-2-7-15-8-10-16(11-9-15)14-5-3-13(12-17)4-6-14/h3-6,12H,2,7-11H2,1H3. The highest BCUT2D eigenvalue weighted by Crippen LogP contribution is 2.16. The van der Waals surface area contributed by atoms with Crippen LogP contribution in [0.3, 0.4) is 0 Å². The van der Waals surface area contributed by atoms with Crippen molar-refractivity contribution in [2.45, 2.75) is 13.3 Å². The zero-order valence-electron chi connectivity index (χ0n) is 10.4. The van der Waals surface area contributed by atoms with Crippen LogP contribution in [0.1, 0.15) is 23.7 Å². The Bertz CT molecular complexity index is 353. The lowest BCUT2D eigenvalue weighted by Gasteiger charge is -2.36. The molecular weight excluding hydrogens is 212 g/mol. The van der Waals surface area contributed by atoms with Gasteiger partial charge < -0.3 is 4.90 Å². The molecule has 0 spiro atoms. The largest absolute Gasteiger partial charge is 0.369 e. The molecule has 0 bridgehead atoms. The lowest BCUT2D eigenvalue weighted by atomic mass is 10.2. The van der Waals surface area contributed by atoms with Gasteiger partial charge in [-0.3, -0.25) is 9.69 Å². The summed E-state index contributed by atoms with van der Waals surface area (Å²) in [5, 5.41) is 0. The SMILES string of the molecule is CCCN1CCN(c2ccc(C=O)cc2)CC1. The van der Waals surface area contributed by atoms with Gasteiger partial charge in [0.25, 0.3) is 0 Å². The predicted molar refractivity (Wildman–Crippen MR) is 70.8 cm³/mol. The smallest absolute Gasteiger partial charge is 0.150 e. The third-order valence-corrected chi connectivity index (χ3v) is 3.31. The number of carbonyl (C=O) groups excluding carboxylic acids is 1. The summed E-state index contributed by atoms with van der Waals surface area (Å²) in [4.78, 5) is 15.5. The van der Waals surface area contributed by atoms with Crippen molar-refractivity contribution in [2.75, 3.05) is 37.6 Å². The van der Waals surface area contributed by atoms with Gasteiger partial charge in [0.05, 0.1) is 0 Å². The topological polar surface area (TPSA) is 23.6 Å². The Hall–Kier alpha value is -1.35. The van der Waals surface area contributed by atoms with E-state index in [0.29, 0.717) is 0 Å². The molecule has 1 aromatic rings. The zero-order valence-corrected chi connectivity index (χ0v) is 10.4. The maximum Gasteiger partial charge on any atom is 0.150 e. The second kappa shape index (κ2) is 5.82. The van der Waals surface area contributed by atoms with Crippen molar-refractivity contribution in [2.24, 2.45) is 0 Å². The first-order valence-electron chi connectivity index (χ1n) is 6.36. The minimum absolute atomic E-state index is 0.748. The lowest BCUT2D eigenvalue weighted by molar-refractivity contribution is 0.112. The first-order chi connectivity index (χ1) is 8.33. The van der Waals surface area contributed by atoms with Crippen LogP contribution < -0.4 is 4.90 Å². The van der Waals surface area contributed by atoms with Crippen LogP contribution in [0.4, 0.5) is 5.69 Å². The van der Waals surface area contributed by atoms with E-state index in [9.17, 15) is 4.79 Å². The van der Waals surface area contributed by atoms with E-state index in [-0.39, 0.29) is 0 Å². The first kappa shape index (κ1) is 12.1. The van der Waals surface area contributed by atoms with Crippen LogP contribution in [0.25, 0.3) is 0 Å². The molecule has 2 rings (SSSR count). The van der Waals surface area contributed by atoms with Crippen LogP contribution in [0.15, 0.2) is 24.3 Å². The van der Waals surface area contributed by atoms with Crippen LogP contribution in [0, 0.1) is 0 Å². The molecule has 0 N–H and O–H groups in total. The molecule has 0 unspecified atom stereocenters. The van der Waals surface area contributed by atoms with E-state index in [1.807, 2.05) is 24.3 Å². The van der Waals surface area contributed by atoms with Crippen molar-refractivity contribution in [3.8, 4) is 0 Å². The van der Waals surface area contributed by atoms with E-state index in [1.165, 1.54) is 18.7 Å². The molecule has 0 amide bonds. The van der Waals surface area contributed by atoms with Crippen molar-refractivity contribution >= 4 is 12.0 Å². The van der Waals surface area contributed by atoms with Crippen molar-refractivity contribution in [3.63, 3.8) is 0 Å². The molecule has 1 fully saturated rings. The quantitative estimate of drug-likeness (QED) is 0.742. The fourth-order valence-corrected chi connectivity index (χ4v) is 2.31. The number of rotatable bonds is 4. The van der Waals surface area contributed by atoms with Gasteiger partial charge in [-0.25, -0.2) is 0 Å². The molecule has 92 valence electrons. The molecular formula is C14H20N2O. The molecule has 1 aromatic carbocycles. The highest BCUT2D eigenvalue weighted by molar-refractivity contribution is 5.75. The van der Waals surface area contributed by atoms with E-state index in [2.05, 4.69) is 16.7 Å². The van der Waals surface area contributed by atoms with Gasteiger partial charge in [0, 0.05) is 37.4 Å². The molecule has 1 saturated heterocycles. The molecule has 0 atom stereocenters. The van der Waals surface area contributed by atoms with Crippen molar-refractivity contribution in [1.82, 2.24) is 4.90 Å². The lowest BCUT2D eigenvalue weighted by Crippen LogP contribution is -2.46. The monoisotopic (exact) mass is 232 g/mol. The van der Waals surface area contributed by atoms with Crippen LogP contribution in [0.2, 0.25) is 0 Å². The predicted octanol–water partition coefficient (Wildman–Crippen LogP) is 2.03. The highest BCUT2D eigenvalue weighted by atomic mass is 16.1. The van der Waals surface area contributed by atoms with E-state index < -0.39 is 0 Å². The molecule has 0 saturated carbocycles. The zero-order chi connectivity index (χ0) is 12.1. The second-order valence-electron chi connectivity index (χ2n) is 4.54. The maximum absolute atomic E-state index is 10.6. The number of nitrogens with zero attached hydrogens (tertiary/aromatic N) is 2. The summed E-state index contributed by atoms with van der Waals surface area (Å²) < 4.78 is 0. The third-order valence-electron chi connectivity index (χ3n) is 3.31. The van der Waals surface area contributed by atoms with Crippen LogP contribution >= 0.6 is 0 Å². The van der Waals surface area contributed by atoms with Gasteiger partial charge in [0.15, 0.2) is 0 Å². The number of piperazine rings is 1. The highest BCUT2D eigenvalue weighted by Gasteiger charge is 2.15. The summed E-state index contributed by atoms with van der Waals surface area (Å²) in [6.45, 7) is 7.88. The Morgan fingerprint density at radius 3 is 2.29 bits per heavy atom. The van der Waals surface area contributed by atoms with Gasteiger partial charge in [0.2, 0.25) is 0 Å². The van der Waals surface area contributed by atoms with E-state index in [4.69, 9.17) is 0 Å².